The lowest BCUT2D eigenvalue weighted by Crippen LogP contribution is -2.13. The number of rotatable bonds is 4. The van der Waals surface area contributed by atoms with E-state index in [9.17, 15) is 9.18 Å². The van der Waals surface area contributed by atoms with Crippen LogP contribution >= 0.6 is 0 Å². The monoisotopic (exact) mass is 384 g/mol. The quantitative estimate of drug-likeness (QED) is 0.450. The molecule has 1 aromatic heterocycles. The first kappa shape index (κ1) is 18.7. The van der Waals surface area contributed by atoms with Gasteiger partial charge >= 0.3 is 0 Å². The number of hydrogen-bond donors (Lipinski definition) is 1. The number of aryl methyl sites for hydroxylation is 1. The molecule has 0 bridgehead atoms. The molecule has 3 aromatic carbocycles. The highest BCUT2D eigenvalue weighted by atomic mass is 19.1. The van der Waals surface area contributed by atoms with E-state index in [2.05, 4.69) is 5.32 Å². The van der Waals surface area contributed by atoms with Crippen LogP contribution in [0.15, 0.2) is 84.9 Å². The second-order valence-electron chi connectivity index (χ2n) is 7.03. The highest BCUT2D eigenvalue weighted by molar-refractivity contribution is 6.06. The summed E-state index contributed by atoms with van der Waals surface area (Å²) in [5.41, 5.74) is 5.91. The van der Waals surface area contributed by atoms with Crippen LogP contribution in [0.25, 0.3) is 16.9 Å². The molecule has 1 heterocycles. The number of nitrogens with one attached hydrogen (secondary N) is 1. The van der Waals surface area contributed by atoms with Gasteiger partial charge in [-0.1, -0.05) is 48.0 Å². The van der Waals surface area contributed by atoms with Crippen molar-refractivity contribution in [3.63, 3.8) is 0 Å². The number of anilines is 1. The molecule has 0 saturated heterocycles. The second kappa shape index (κ2) is 7.76. The van der Waals surface area contributed by atoms with Crippen LogP contribution in [0.1, 0.15) is 21.6 Å². The minimum Gasteiger partial charge on any atom is -0.322 e. The molecule has 0 unspecified atom stereocenters. The summed E-state index contributed by atoms with van der Waals surface area (Å²) < 4.78 is 15.4. The zero-order valence-electron chi connectivity index (χ0n) is 16.3. The van der Waals surface area contributed by atoms with Crippen molar-refractivity contribution in [2.24, 2.45) is 0 Å². The van der Waals surface area contributed by atoms with Gasteiger partial charge in [-0.3, -0.25) is 4.79 Å². The molecule has 0 aliphatic carbocycles. The lowest BCUT2D eigenvalue weighted by Gasteiger charge is -2.12. The summed E-state index contributed by atoms with van der Waals surface area (Å²) in [5, 5.41) is 2.97. The lowest BCUT2D eigenvalue weighted by atomic mass is 10.1. The Bertz CT molecular complexity index is 1140. The molecule has 4 aromatic rings. The third-order valence-corrected chi connectivity index (χ3v) is 4.96. The zero-order valence-corrected chi connectivity index (χ0v) is 16.3. The fourth-order valence-corrected chi connectivity index (χ4v) is 3.42. The van der Waals surface area contributed by atoms with E-state index in [0.717, 1.165) is 33.9 Å². The van der Waals surface area contributed by atoms with Gasteiger partial charge in [0, 0.05) is 17.1 Å². The van der Waals surface area contributed by atoms with Gasteiger partial charge in [-0.15, -0.1) is 0 Å². The van der Waals surface area contributed by atoms with Crippen LogP contribution in [0.2, 0.25) is 0 Å². The van der Waals surface area contributed by atoms with Gasteiger partial charge in [0.2, 0.25) is 0 Å². The smallest absolute Gasteiger partial charge is 0.257 e. The van der Waals surface area contributed by atoms with Crippen LogP contribution in [-0.2, 0) is 0 Å². The number of carbonyl (C=O) groups is 1. The number of hydrogen-bond acceptors (Lipinski definition) is 1. The van der Waals surface area contributed by atoms with E-state index in [1.54, 1.807) is 12.1 Å². The average Bonchev–Trinajstić information content (AvgIpc) is 3.08. The van der Waals surface area contributed by atoms with Gasteiger partial charge in [0.1, 0.15) is 5.82 Å². The first-order chi connectivity index (χ1) is 14.0. The van der Waals surface area contributed by atoms with Crippen molar-refractivity contribution < 1.29 is 9.18 Å². The Labute approximate surface area is 169 Å². The molecule has 29 heavy (non-hydrogen) atoms. The first-order valence-corrected chi connectivity index (χ1v) is 9.44. The summed E-state index contributed by atoms with van der Waals surface area (Å²) >= 11 is 0. The van der Waals surface area contributed by atoms with E-state index in [1.165, 1.54) is 12.1 Å². The molecular formula is C25H21FN2O. The minimum absolute atomic E-state index is 0.176. The van der Waals surface area contributed by atoms with Crippen LogP contribution in [0.3, 0.4) is 0 Å². The van der Waals surface area contributed by atoms with Crippen molar-refractivity contribution in [3.8, 4) is 16.9 Å². The van der Waals surface area contributed by atoms with Gasteiger partial charge in [-0.2, -0.15) is 0 Å². The number of benzene rings is 3. The summed E-state index contributed by atoms with van der Waals surface area (Å²) in [6.07, 6.45) is 0. The zero-order chi connectivity index (χ0) is 20.4. The van der Waals surface area contributed by atoms with Crippen LogP contribution in [-0.4, -0.2) is 10.5 Å². The molecule has 0 aliphatic rings. The van der Waals surface area contributed by atoms with Crippen molar-refractivity contribution >= 4 is 11.6 Å². The summed E-state index contributed by atoms with van der Waals surface area (Å²) in [7, 11) is 0. The van der Waals surface area contributed by atoms with Gasteiger partial charge in [0.25, 0.3) is 5.91 Å². The van der Waals surface area contributed by atoms with E-state index < -0.39 is 0 Å². The highest BCUT2D eigenvalue weighted by Gasteiger charge is 2.19. The van der Waals surface area contributed by atoms with Gasteiger partial charge in [-0.25, -0.2) is 4.39 Å². The van der Waals surface area contributed by atoms with Gasteiger partial charge in [0.15, 0.2) is 0 Å². The summed E-state index contributed by atoms with van der Waals surface area (Å²) in [6, 6.07) is 25.7. The predicted molar refractivity (Wildman–Crippen MR) is 115 cm³/mol. The maximum atomic E-state index is 13.5. The van der Waals surface area contributed by atoms with Gasteiger partial charge in [-0.05, 0) is 61.9 Å². The third kappa shape index (κ3) is 3.83. The molecule has 4 rings (SSSR count). The molecule has 0 aliphatic heterocycles. The molecule has 3 nitrogen and oxygen atoms in total. The Kier molecular flexibility index (Phi) is 5.00. The molecule has 0 radical (unpaired) electrons. The molecule has 144 valence electrons. The Hall–Kier alpha value is -3.66. The Morgan fingerprint density at radius 3 is 2.17 bits per heavy atom. The van der Waals surface area contributed by atoms with Crippen LogP contribution < -0.4 is 5.32 Å². The Morgan fingerprint density at radius 2 is 1.52 bits per heavy atom. The van der Waals surface area contributed by atoms with Crippen LogP contribution in [0.4, 0.5) is 10.1 Å². The van der Waals surface area contributed by atoms with E-state index in [0.29, 0.717) is 5.56 Å². The van der Waals surface area contributed by atoms with Crippen molar-refractivity contribution in [2.75, 3.05) is 5.32 Å². The molecule has 0 spiro atoms. The molecule has 1 amide bonds. The summed E-state index contributed by atoms with van der Waals surface area (Å²) in [5.74, 6) is -0.471. The molecule has 1 N–H and O–H groups in total. The maximum Gasteiger partial charge on any atom is 0.257 e. The number of aromatic nitrogens is 1. The third-order valence-electron chi connectivity index (χ3n) is 4.96. The van der Waals surface area contributed by atoms with E-state index >= 15 is 0 Å². The summed E-state index contributed by atoms with van der Waals surface area (Å²) in [6.45, 7) is 3.91. The van der Waals surface area contributed by atoms with E-state index in [1.807, 2.05) is 79.1 Å². The topological polar surface area (TPSA) is 34.0 Å². The molecule has 0 atom stereocenters. The van der Waals surface area contributed by atoms with Crippen molar-refractivity contribution in [2.45, 2.75) is 13.8 Å². The van der Waals surface area contributed by atoms with Gasteiger partial charge < -0.3 is 9.88 Å². The predicted octanol–water partition coefficient (Wildman–Crippen LogP) is 6.15. The second-order valence-corrected chi connectivity index (χ2v) is 7.03. The molecule has 0 fully saturated rings. The normalized spacial score (nSPS) is 10.7. The van der Waals surface area contributed by atoms with Crippen molar-refractivity contribution in [3.05, 3.63) is 108 Å². The molecule has 4 heteroatoms. The number of carbonyl (C=O) groups excluding carboxylic acids is 1. The number of nitrogens with zero attached hydrogens (tertiary/aromatic N) is 1. The fraction of sp³-hybridized carbons (Fsp3) is 0.0800. The van der Waals surface area contributed by atoms with Crippen molar-refractivity contribution in [1.29, 1.82) is 0 Å². The fourth-order valence-electron chi connectivity index (χ4n) is 3.42. The van der Waals surface area contributed by atoms with Crippen molar-refractivity contribution in [1.82, 2.24) is 4.57 Å². The largest absolute Gasteiger partial charge is 0.322 e. The van der Waals surface area contributed by atoms with Crippen LogP contribution in [0.5, 0.6) is 0 Å². The molecular weight excluding hydrogens is 363 g/mol. The SMILES string of the molecule is Cc1ccc(NC(=O)c2cc(-c3ccccc3)n(-c3ccc(F)cc3)c2C)cc1. The Morgan fingerprint density at radius 1 is 0.862 bits per heavy atom. The van der Waals surface area contributed by atoms with E-state index in [4.69, 9.17) is 0 Å². The summed E-state index contributed by atoms with van der Waals surface area (Å²) in [4.78, 5) is 13.0. The standard InChI is InChI=1S/C25H21FN2O/c1-17-8-12-21(13-9-17)27-25(29)23-16-24(19-6-4-3-5-7-19)28(18(23)2)22-14-10-20(26)11-15-22/h3-16H,1-2H3,(H,27,29). The molecule has 0 saturated carbocycles. The lowest BCUT2D eigenvalue weighted by molar-refractivity contribution is 0.102. The van der Waals surface area contributed by atoms with Gasteiger partial charge in [0.05, 0.1) is 11.3 Å². The first-order valence-electron chi connectivity index (χ1n) is 9.44. The number of halogens is 1. The average molecular weight is 384 g/mol. The maximum absolute atomic E-state index is 13.5. The number of amides is 1. The Balaban J connectivity index is 1.80. The minimum atomic E-state index is -0.294. The van der Waals surface area contributed by atoms with Crippen LogP contribution in [0, 0.1) is 19.7 Å². The highest BCUT2D eigenvalue weighted by Crippen LogP contribution is 2.30. The van der Waals surface area contributed by atoms with E-state index in [-0.39, 0.29) is 11.7 Å².